The van der Waals surface area contributed by atoms with Gasteiger partial charge in [0.1, 0.15) is 22.9 Å². The van der Waals surface area contributed by atoms with Gasteiger partial charge in [-0.15, -0.1) is 21.5 Å². The molecule has 0 unspecified atom stereocenters. The van der Waals surface area contributed by atoms with Gasteiger partial charge in [-0.1, -0.05) is 74.5 Å². The average Bonchev–Trinajstić information content (AvgIpc) is 3.48. The van der Waals surface area contributed by atoms with Crippen LogP contribution in [0.1, 0.15) is 48.1 Å². The Kier molecular flexibility index (Phi) is 8.76. The van der Waals surface area contributed by atoms with Gasteiger partial charge in [0.2, 0.25) is 5.91 Å². The van der Waals surface area contributed by atoms with Crippen LogP contribution >= 0.6 is 23.1 Å². The summed E-state index contributed by atoms with van der Waals surface area (Å²) in [5.74, 6) is 0.733. The van der Waals surface area contributed by atoms with Crippen LogP contribution in [0, 0.1) is 6.92 Å². The molecular weight excluding hydrogens is 532 g/mol. The summed E-state index contributed by atoms with van der Waals surface area (Å²) < 4.78 is 12.7. The smallest absolute Gasteiger partial charge is 0.341 e. The number of thiophene rings is 1. The zero-order valence-corrected chi connectivity index (χ0v) is 24.5. The maximum Gasteiger partial charge on any atom is 0.341 e. The van der Waals surface area contributed by atoms with Crippen molar-refractivity contribution < 1.29 is 19.1 Å². The minimum absolute atomic E-state index is 0.0777. The Morgan fingerprint density at radius 2 is 1.74 bits per heavy atom. The van der Waals surface area contributed by atoms with E-state index in [1.54, 1.807) is 0 Å². The Bertz CT molecular complexity index is 1450. The second kappa shape index (κ2) is 12.0. The number of aryl methyl sites for hydroxylation is 1. The van der Waals surface area contributed by atoms with Crippen molar-refractivity contribution in [1.29, 1.82) is 0 Å². The summed E-state index contributed by atoms with van der Waals surface area (Å²) >= 11 is 2.55. The lowest BCUT2D eigenvalue weighted by atomic mass is 9.87. The summed E-state index contributed by atoms with van der Waals surface area (Å²) in [6.45, 7) is 8.76. The molecule has 204 valence electrons. The fourth-order valence-corrected chi connectivity index (χ4v) is 5.49. The number of carbonyl (C=O) groups excluding carboxylic acids is 2. The highest BCUT2D eigenvalue weighted by Crippen LogP contribution is 2.36. The number of benzene rings is 2. The molecule has 0 bridgehead atoms. The molecule has 0 fully saturated rings. The van der Waals surface area contributed by atoms with Crippen LogP contribution in [0.2, 0.25) is 0 Å². The van der Waals surface area contributed by atoms with Gasteiger partial charge < -0.3 is 19.4 Å². The Labute approximate surface area is 236 Å². The SMILES string of the molecule is COC(=O)c1c(-c2ccc(C)cc2)csc1NC(=O)CSc1nnc(COc2ccc(C(C)(C)C)cc2)n1C. The number of hydrogen-bond acceptors (Lipinski definition) is 8. The largest absolute Gasteiger partial charge is 0.486 e. The summed E-state index contributed by atoms with van der Waals surface area (Å²) in [4.78, 5) is 25.4. The van der Waals surface area contributed by atoms with Crippen molar-refractivity contribution >= 4 is 40.0 Å². The molecule has 4 aromatic rings. The van der Waals surface area contributed by atoms with Crippen LogP contribution in [-0.4, -0.2) is 39.5 Å². The summed E-state index contributed by atoms with van der Waals surface area (Å²) in [5, 5.41) is 14.2. The second-order valence-corrected chi connectivity index (χ2v) is 11.9. The monoisotopic (exact) mass is 564 g/mol. The van der Waals surface area contributed by atoms with Crippen molar-refractivity contribution in [3.8, 4) is 16.9 Å². The lowest BCUT2D eigenvalue weighted by molar-refractivity contribution is -0.113. The number of hydrogen-bond donors (Lipinski definition) is 1. The number of carbonyl (C=O) groups is 2. The molecule has 2 aromatic heterocycles. The van der Waals surface area contributed by atoms with Crippen molar-refractivity contribution in [2.45, 2.75) is 44.9 Å². The number of ether oxygens (including phenoxy) is 2. The van der Waals surface area contributed by atoms with Crippen molar-refractivity contribution in [2.24, 2.45) is 7.05 Å². The third-order valence-electron chi connectivity index (χ3n) is 6.14. The molecule has 1 N–H and O–H groups in total. The first-order chi connectivity index (χ1) is 18.6. The topological polar surface area (TPSA) is 95.3 Å². The Hall–Kier alpha value is -3.63. The van der Waals surface area contributed by atoms with Gasteiger partial charge in [0.25, 0.3) is 0 Å². The van der Waals surface area contributed by atoms with Crippen molar-refractivity contribution in [3.63, 3.8) is 0 Å². The number of nitrogens with zero attached hydrogens (tertiary/aromatic N) is 3. The van der Waals surface area contributed by atoms with Crippen LogP contribution in [0.4, 0.5) is 5.00 Å². The normalized spacial score (nSPS) is 11.3. The number of amides is 1. The number of anilines is 1. The lowest BCUT2D eigenvalue weighted by Gasteiger charge is -2.19. The molecule has 0 aliphatic carbocycles. The van der Waals surface area contributed by atoms with Gasteiger partial charge in [-0.3, -0.25) is 4.79 Å². The van der Waals surface area contributed by atoms with Gasteiger partial charge in [-0.25, -0.2) is 4.79 Å². The van der Waals surface area contributed by atoms with E-state index in [0.717, 1.165) is 22.4 Å². The Morgan fingerprint density at radius 3 is 2.38 bits per heavy atom. The van der Waals surface area contributed by atoms with Gasteiger partial charge in [0.05, 0.1) is 12.9 Å². The zero-order chi connectivity index (χ0) is 28.2. The fraction of sp³-hybridized carbons (Fsp3) is 0.310. The van der Waals surface area contributed by atoms with Crippen molar-refractivity contribution in [2.75, 3.05) is 18.2 Å². The molecule has 2 aromatic carbocycles. The van der Waals surface area contributed by atoms with Crippen molar-refractivity contribution in [1.82, 2.24) is 14.8 Å². The van der Waals surface area contributed by atoms with E-state index in [1.807, 2.05) is 60.3 Å². The lowest BCUT2D eigenvalue weighted by Crippen LogP contribution is -2.16. The number of thioether (sulfide) groups is 1. The van der Waals surface area contributed by atoms with Crippen LogP contribution < -0.4 is 10.1 Å². The molecule has 10 heteroatoms. The molecule has 2 heterocycles. The quantitative estimate of drug-likeness (QED) is 0.190. The molecule has 0 atom stereocenters. The Morgan fingerprint density at radius 1 is 1.05 bits per heavy atom. The highest BCUT2D eigenvalue weighted by molar-refractivity contribution is 7.99. The highest BCUT2D eigenvalue weighted by atomic mass is 32.2. The molecule has 0 spiro atoms. The van der Waals surface area contributed by atoms with Gasteiger partial charge >= 0.3 is 5.97 Å². The van der Waals surface area contributed by atoms with Crippen LogP contribution in [0.5, 0.6) is 5.75 Å². The third kappa shape index (κ3) is 6.88. The Balaban J connectivity index is 1.37. The van der Waals surface area contributed by atoms with Gasteiger partial charge in [-0.2, -0.15) is 0 Å². The first-order valence-corrected chi connectivity index (χ1v) is 14.2. The molecule has 0 radical (unpaired) electrons. The molecule has 0 aliphatic heterocycles. The number of esters is 1. The molecule has 4 rings (SSSR count). The first kappa shape index (κ1) is 28.4. The molecule has 39 heavy (non-hydrogen) atoms. The standard InChI is InChI=1S/C29H32N4O4S2/c1-18-7-9-19(10-8-18)22-16-38-26(25(22)27(35)36-6)30-24(34)17-39-28-32-31-23(33(28)5)15-37-21-13-11-20(12-14-21)29(2,3)4/h7-14,16H,15,17H2,1-6H3,(H,30,34). The molecule has 0 aliphatic rings. The van der Waals surface area contributed by atoms with E-state index in [4.69, 9.17) is 9.47 Å². The first-order valence-electron chi connectivity index (χ1n) is 12.4. The molecule has 0 saturated heterocycles. The maximum absolute atomic E-state index is 12.8. The van der Waals surface area contributed by atoms with Crippen LogP contribution in [0.15, 0.2) is 59.1 Å². The molecule has 0 saturated carbocycles. The summed E-state index contributed by atoms with van der Waals surface area (Å²) in [6, 6.07) is 15.9. The van der Waals surface area contributed by atoms with E-state index in [2.05, 4.69) is 48.4 Å². The third-order valence-corrected chi connectivity index (χ3v) is 8.06. The van der Waals surface area contributed by atoms with Crippen molar-refractivity contribution in [3.05, 3.63) is 76.4 Å². The van der Waals surface area contributed by atoms with Gasteiger partial charge in [0, 0.05) is 18.0 Å². The minimum Gasteiger partial charge on any atom is -0.486 e. The van der Waals surface area contributed by atoms with Gasteiger partial charge in [0.15, 0.2) is 11.0 Å². The molecule has 8 nitrogen and oxygen atoms in total. The van der Waals surface area contributed by atoms with E-state index in [0.29, 0.717) is 21.5 Å². The number of methoxy groups -OCH3 is 1. The summed E-state index contributed by atoms with van der Waals surface area (Å²) in [6.07, 6.45) is 0. The van der Waals surface area contributed by atoms with E-state index >= 15 is 0 Å². The second-order valence-electron chi connectivity index (χ2n) is 10.1. The number of nitrogens with one attached hydrogen (secondary N) is 1. The van der Waals surface area contributed by atoms with E-state index in [9.17, 15) is 9.59 Å². The average molecular weight is 565 g/mol. The highest BCUT2D eigenvalue weighted by Gasteiger charge is 2.23. The molecular formula is C29H32N4O4S2. The van der Waals surface area contributed by atoms with Crippen LogP contribution in [0.3, 0.4) is 0 Å². The predicted octanol–water partition coefficient (Wildman–Crippen LogP) is 6.25. The predicted molar refractivity (Wildman–Crippen MR) is 156 cm³/mol. The van der Waals surface area contributed by atoms with Crippen LogP contribution in [-0.2, 0) is 28.6 Å². The summed E-state index contributed by atoms with van der Waals surface area (Å²) in [5.41, 5.74) is 4.38. The van der Waals surface area contributed by atoms with E-state index in [1.165, 1.54) is 35.8 Å². The zero-order valence-electron chi connectivity index (χ0n) is 22.9. The maximum atomic E-state index is 12.8. The molecule has 1 amide bonds. The number of aromatic nitrogens is 3. The fourth-order valence-electron chi connectivity index (χ4n) is 3.79. The van der Waals surface area contributed by atoms with E-state index in [-0.39, 0.29) is 23.7 Å². The minimum atomic E-state index is -0.499. The van der Waals surface area contributed by atoms with Gasteiger partial charge in [-0.05, 0) is 35.6 Å². The summed E-state index contributed by atoms with van der Waals surface area (Å²) in [7, 11) is 3.17. The van der Waals surface area contributed by atoms with E-state index < -0.39 is 5.97 Å². The van der Waals surface area contributed by atoms with Crippen LogP contribution in [0.25, 0.3) is 11.1 Å². The number of rotatable bonds is 9.